The summed E-state index contributed by atoms with van der Waals surface area (Å²) in [5.74, 6) is 6.08. The first kappa shape index (κ1) is 14.5. The van der Waals surface area contributed by atoms with Crippen LogP contribution >= 0.6 is 0 Å². The Labute approximate surface area is 96.0 Å². The van der Waals surface area contributed by atoms with Gasteiger partial charge in [0.25, 0.3) is 0 Å². The van der Waals surface area contributed by atoms with Gasteiger partial charge in [-0.2, -0.15) is 0 Å². The summed E-state index contributed by atoms with van der Waals surface area (Å²) in [5.41, 5.74) is 0. The van der Waals surface area contributed by atoms with Crippen molar-refractivity contribution in [1.82, 2.24) is 5.32 Å². The van der Waals surface area contributed by atoms with Crippen LogP contribution in [0.1, 0.15) is 65.7 Å². The summed E-state index contributed by atoms with van der Waals surface area (Å²) in [7, 11) is 0. The minimum atomic E-state index is 0.740. The summed E-state index contributed by atoms with van der Waals surface area (Å²) in [4.78, 5) is 0. The molecule has 0 saturated carbocycles. The van der Waals surface area contributed by atoms with E-state index in [1.807, 2.05) is 6.92 Å². The number of unbranched alkanes of at least 4 members (excludes halogenated alkanes) is 2. The smallest absolute Gasteiger partial charge is 0.00885 e. The van der Waals surface area contributed by atoms with Gasteiger partial charge in [-0.1, -0.05) is 26.7 Å². The molecule has 0 aliphatic rings. The lowest BCUT2D eigenvalue weighted by molar-refractivity contribution is 0.433. The molecule has 0 aromatic heterocycles. The van der Waals surface area contributed by atoms with Crippen molar-refractivity contribution in [2.24, 2.45) is 0 Å². The van der Waals surface area contributed by atoms with E-state index in [0.29, 0.717) is 0 Å². The standard InChI is InChI=1S/C14H27N/c1-4-7-8-9-10-12-14(11-5-2)15-13-6-3/h14-15H,5-6,8-13H2,1-3H3. The van der Waals surface area contributed by atoms with Crippen molar-refractivity contribution in [2.75, 3.05) is 6.54 Å². The molecule has 1 heteroatoms. The van der Waals surface area contributed by atoms with E-state index in [1.54, 1.807) is 0 Å². The molecule has 0 bridgehead atoms. The van der Waals surface area contributed by atoms with Gasteiger partial charge in [-0.15, -0.1) is 11.8 Å². The fourth-order valence-corrected chi connectivity index (χ4v) is 1.77. The second kappa shape index (κ2) is 11.6. The third-order valence-electron chi connectivity index (χ3n) is 2.60. The molecule has 15 heavy (non-hydrogen) atoms. The fourth-order valence-electron chi connectivity index (χ4n) is 1.77. The van der Waals surface area contributed by atoms with Crippen LogP contribution in [0.25, 0.3) is 0 Å². The highest BCUT2D eigenvalue weighted by Crippen LogP contribution is 2.08. The van der Waals surface area contributed by atoms with Crippen LogP contribution in [0.15, 0.2) is 0 Å². The average molecular weight is 209 g/mol. The van der Waals surface area contributed by atoms with E-state index in [-0.39, 0.29) is 0 Å². The number of nitrogens with one attached hydrogen (secondary N) is 1. The van der Waals surface area contributed by atoms with Crippen molar-refractivity contribution in [3.63, 3.8) is 0 Å². The Morgan fingerprint density at radius 1 is 1.07 bits per heavy atom. The highest BCUT2D eigenvalue weighted by atomic mass is 14.9. The minimum Gasteiger partial charge on any atom is -0.314 e. The highest BCUT2D eigenvalue weighted by Gasteiger charge is 2.05. The molecule has 1 nitrogen and oxygen atoms in total. The van der Waals surface area contributed by atoms with Gasteiger partial charge in [0.2, 0.25) is 0 Å². The van der Waals surface area contributed by atoms with E-state index in [4.69, 9.17) is 0 Å². The molecule has 0 aliphatic carbocycles. The monoisotopic (exact) mass is 209 g/mol. The molecule has 0 fully saturated rings. The van der Waals surface area contributed by atoms with E-state index in [0.717, 1.165) is 12.5 Å². The zero-order valence-electron chi connectivity index (χ0n) is 10.7. The Hall–Kier alpha value is -0.480. The molecule has 0 amide bonds. The first-order valence-corrected chi connectivity index (χ1v) is 6.48. The van der Waals surface area contributed by atoms with E-state index in [2.05, 4.69) is 31.0 Å². The Morgan fingerprint density at radius 3 is 2.47 bits per heavy atom. The van der Waals surface area contributed by atoms with Crippen LogP contribution in [0.3, 0.4) is 0 Å². The summed E-state index contributed by atoms with van der Waals surface area (Å²) in [5, 5.41) is 3.63. The summed E-state index contributed by atoms with van der Waals surface area (Å²) in [6, 6.07) is 0.740. The maximum atomic E-state index is 3.63. The van der Waals surface area contributed by atoms with E-state index >= 15 is 0 Å². The van der Waals surface area contributed by atoms with Crippen LogP contribution < -0.4 is 5.32 Å². The molecule has 0 heterocycles. The summed E-state index contributed by atoms with van der Waals surface area (Å²) in [6.07, 6.45) is 8.81. The quantitative estimate of drug-likeness (QED) is 0.450. The number of hydrogen-bond donors (Lipinski definition) is 1. The fraction of sp³-hybridized carbons (Fsp3) is 0.857. The highest BCUT2D eigenvalue weighted by molar-refractivity contribution is 4.94. The van der Waals surface area contributed by atoms with Crippen LogP contribution in [0.4, 0.5) is 0 Å². The van der Waals surface area contributed by atoms with Crippen LogP contribution in [0.2, 0.25) is 0 Å². The van der Waals surface area contributed by atoms with Crippen LogP contribution in [-0.2, 0) is 0 Å². The molecule has 0 rings (SSSR count). The predicted octanol–water partition coefficient (Wildman–Crippen LogP) is 3.74. The Kier molecular flexibility index (Phi) is 11.2. The lowest BCUT2D eigenvalue weighted by Gasteiger charge is -2.17. The maximum absolute atomic E-state index is 3.63. The van der Waals surface area contributed by atoms with Crippen LogP contribution in [-0.4, -0.2) is 12.6 Å². The molecule has 0 aromatic carbocycles. The van der Waals surface area contributed by atoms with Gasteiger partial charge >= 0.3 is 0 Å². The summed E-state index contributed by atoms with van der Waals surface area (Å²) in [6.45, 7) is 7.58. The molecule has 0 saturated heterocycles. The molecule has 1 atom stereocenters. The molecule has 0 aliphatic heterocycles. The average Bonchev–Trinajstić information content (AvgIpc) is 2.25. The Morgan fingerprint density at radius 2 is 1.87 bits per heavy atom. The third-order valence-corrected chi connectivity index (χ3v) is 2.60. The van der Waals surface area contributed by atoms with Gasteiger partial charge in [-0.05, 0) is 39.2 Å². The van der Waals surface area contributed by atoms with Crippen molar-refractivity contribution in [3.05, 3.63) is 0 Å². The minimum absolute atomic E-state index is 0.740. The van der Waals surface area contributed by atoms with Gasteiger partial charge in [-0.25, -0.2) is 0 Å². The van der Waals surface area contributed by atoms with Gasteiger partial charge in [0.1, 0.15) is 0 Å². The lowest BCUT2D eigenvalue weighted by atomic mass is 10.0. The molecule has 1 N–H and O–H groups in total. The van der Waals surface area contributed by atoms with Gasteiger partial charge in [-0.3, -0.25) is 0 Å². The SMILES string of the molecule is CC#CCCCCC(CCC)NCCC. The third kappa shape index (κ3) is 9.82. The molecule has 88 valence electrons. The largest absolute Gasteiger partial charge is 0.314 e. The Bertz CT molecular complexity index is 176. The maximum Gasteiger partial charge on any atom is 0.00885 e. The summed E-state index contributed by atoms with van der Waals surface area (Å²) < 4.78 is 0. The molecule has 0 aromatic rings. The second-order valence-electron chi connectivity index (χ2n) is 4.11. The van der Waals surface area contributed by atoms with E-state index in [1.165, 1.54) is 45.1 Å². The van der Waals surface area contributed by atoms with E-state index in [9.17, 15) is 0 Å². The molecule has 0 radical (unpaired) electrons. The van der Waals surface area contributed by atoms with Crippen molar-refractivity contribution in [2.45, 2.75) is 71.8 Å². The van der Waals surface area contributed by atoms with Crippen molar-refractivity contribution in [3.8, 4) is 11.8 Å². The molecule has 0 spiro atoms. The number of rotatable bonds is 9. The zero-order valence-corrected chi connectivity index (χ0v) is 10.7. The van der Waals surface area contributed by atoms with Crippen molar-refractivity contribution >= 4 is 0 Å². The van der Waals surface area contributed by atoms with Crippen LogP contribution in [0, 0.1) is 11.8 Å². The van der Waals surface area contributed by atoms with Crippen LogP contribution in [0.5, 0.6) is 0 Å². The first-order valence-electron chi connectivity index (χ1n) is 6.48. The van der Waals surface area contributed by atoms with Gasteiger partial charge in [0.05, 0.1) is 0 Å². The topological polar surface area (TPSA) is 12.0 Å². The molecular weight excluding hydrogens is 182 g/mol. The summed E-state index contributed by atoms with van der Waals surface area (Å²) >= 11 is 0. The van der Waals surface area contributed by atoms with E-state index < -0.39 is 0 Å². The zero-order chi connectivity index (χ0) is 11.4. The first-order chi connectivity index (χ1) is 7.35. The molecular formula is C14H27N. The lowest BCUT2D eigenvalue weighted by Crippen LogP contribution is -2.29. The Balaban J connectivity index is 3.49. The normalized spacial score (nSPS) is 11.9. The van der Waals surface area contributed by atoms with Gasteiger partial charge < -0.3 is 5.32 Å². The van der Waals surface area contributed by atoms with Crippen molar-refractivity contribution in [1.29, 1.82) is 0 Å². The second-order valence-corrected chi connectivity index (χ2v) is 4.11. The van der Waals surface area contributed by atoms with Gasteiger partial charge in [0, 0.05) is 12.5 Å². The van der Waals surface area contributed by atoms with Crippen molar-refractivity contribution < 1.29 is 0 Å². The predicted molar refractivity (Wildman–Crippen MR) is 68.9 cm³/mol. The molecule has 1 unspecified atom stereocenters. The number of hydrogen-bond acceptors (Lipinski definition) is 1. The van der Waals surface area contributed by atoms with Gasteiger partial charge in [0.15, 0.2) is 0 Å².